The van der Waals surface area contributed by atoms with Crippen LogP contribution in [-0.4, -0.2) is 47.2 Å². The van der Waals surface area contributed by atoms with Crippen LogP contribution in [0.1, 0.15) is 29.8 Å². The molecule has 0 unspecified atom stereocenters. The third kappa shape index (κ3) is 2.54. The van der Waals surface area contributed by atoms with Gasteiger partial charge in [0.1, 0.15) is 0 Å². The molecular weight excluding hydrogens is 252 g/mol. The van der Waals surface area contributed by atoms with Gasteiger partial charge in [-0.1, -0.05) is 0 Å². The maximum atomic E-state index is 12.2. The molecule has 2 aliphatic rings. The number of hydrazone groups is 1. The number of aromatic amines is 1. The van der Waals surface area contributed by atoms with Gasteiger partial charge in [-0.05, 0) is 51.6 Å². The SMILES string of the molecule is Cc1[nH]c(/C=C2\C=NN(C3CC3)C2=O)cc1CN(C)C. The summed E-state index contributed by atoms with van der Waals surface area (Å²) in [6.07, 6.45) is 5.71. The van der Waals surface area contributed by atoms with Crippen LogP contribution >= 0.6 is 0 Å². The molecule has 1 fully saturated rings. The number of aromatic nitrogens is 1. The Bertz CT molecular complexity index is 593. The van der Waals surface area contributed by atoms with E-state index in [-0.39, 0.29) is 5.91 Å². The molecule has 0 spiro atoms. The van der Waals surface area contributed by atoms with Crippen LogP contribution in [0.25, 0.3) is 6.08 Å². The monoisotopic (exact) mass is 272 g/mol. The molecular formula is C15H20N4O. The predicted molar refractivity (Wildman–Crippen MR) is 79.3 cm³/mol. The Morgan fingerprint density at radius 3 is 2.90 bits per heavy atom. The fourth-order valence-corrected chi connectivity index (χ4v) is 2.42. The summed E-state index contributed by atoms with van der Waals surface area (Å²) in [6, 6.07) is 2.43. The summed E-state index contributed by atoms with van der Waals surface area (Å²) < 4.78 is 0. The summed E-state index contributed by atoms with van der Waals surface area (Å²) in [5.41, 5.74) is 4.02. The zero-order valence-corrected chi connectivity index (χ0v) is 12.2. The van der Waals surface area contributed by atoms with Crippen molar-refractivity contribution in [2.45, 2.75) is 32.4 Å². The smallest absolute Gasteiger partial charge is 0.275 e. The minimum absolute atomic E-state index is 0.0221. The van der Waals surface area contributed by atoms with E-state index in [1.807, 2.05) is 20.2 Å². The first kappa shape index (κ1) is 13.1. The number of nitrogens with zero attached hydrogens (tertiary/aromatic N) is 3. The first-order valence-electron chi connectivity index (χ1n) is 6.97. The molecule has 1 aliphatic heterocycles. The number of hydrogen-bond donors (Lipinski definition) is 1. The van der Waals surface area contributed by atoms with Gasteiger partial charge in [0.2, 0.25) is 0 Å². The van der Waals surface area contributed by atoms with Crippen LogP contribution in [0.2, 0.25) is 0 Å². The highest BCUT2D eigenvalue weighted by Gasteiger charge is 2.36. The zero-order chi connectivity index (χ0) is 14.3. The van der Waals surface area contributed by atoms with Gasteiger partial charge >= 0.3 is 0 Å². The Morgan fingerprint density at radius 2 is 2.25 bits per heavy atom. The highest BCUT2D eigenvalue weighted by atomic mass is 16.2. The zero-order valence-electron chi connectivity index (χ0n) is 12.2. The molecule has 1 aromatic rings. The molecule has 0 radical (unpaired) electrons. The first-order chi connectivity index (χ1) is 9.54. The van der Waals surface area contributed by atoms with Crippen LogP contribution in [0.3, 0.4) is 0 Å². The molecule has 106 valence electrons. The third-order valence-corrected chi connectivity index (χ3v) is 3.61. The van der Waals surface area contributed by atoms with Gasteiger partial charge in [0.15, 0.2) is 0 Å². The quantitative estimate of drug-likeness (QED) is 0.849. The van der Waals surface area contributed by atoms with Gasteiger partial charge in [-0.25, -0.2) is 5.01 Å². The number of rotatable bonds is 4. The maximum Gasteiger partial charge on any atom is 0.275 e. The van der Waals surface area contributed by atoms with Crippen LogP contribution < -0.4 is 0 Å². The highest BCUT2D eigenvalue weighted by molar-refractivity contribution is 6.18. The number of carbonyl (C=O) groups is 1. The summed E-state index contributed by atoms with van der Waals surface area (Å²) in [4.78, 5) is 17.6. The summed E-state index contributed by atoms with van der Waals surface area (Å²) >= 11 is 0. The van der Waals surface area contributed by atoms with Crippen LogP contribution in [0.5, 0.6) is 0 Å². The average Bonchev–Trinajstić information content (AvgIpc) is 3.07. The van der Waals surface area contributed by atoms with E-state index in [9.17, 15) is 4.79 Å². The molecule has 1 aromatic heterocycles. The van der Waals surface area contributed by atoms with Crippen molar-refractivity contribution in [3.05, 3.63) is 28.6 Å². The fraction of sp³-hybridized carbons (Fsp3) is 0.467. The van der Waals surface area contributed by atoms with Crippen molar-refractivity contribution >= 4 is 18.2 Å². The lowest BCUT2D eigenvalue weighted by atomic mass is 10.2. The summed E-state index contributed by atoms with van der Waals surface area (Å²) in [5.74, 6) is 0.0221. The molecule has 5 nitrogen and oxygen atoms in total. The van der Waals surface area contributed by atoms with Gasteiger partial charge in [0, 0.05) is 17.9 Å². The van der Waals surface area contributed by atoms with E-state index in [1.165, 1.54) is 5.56 Å². The molecule has 5 heteroatoms. The topological polar surface area (TPSA) is 51.7 Å². The van der Waals surface area contributed by atoms with Crippen molar-refractivity contribution in [1.82, 2.24) is 14.9 Å². The van der Waals surface area contributed by atoms with Crippen LogP contribution in [-0.2, 0) is 11.3 Å². The fourth-order valence-electron chi connectivity index (χ4n) is 2.42. The van der Waals surface area contributed by atoms with Crippen molar-refractivity contribution in [1.29, 1.82) is 0 Å². The minimum atomic E-state index is 0.0221. The standard InChI is InChI=1S/C15H20N4O/c1-10-12(9-18(2)3)7-13(17-10)6-11-8-16-19(15(11)20)14-4-5-14/h6-8,14,17H,4-5,9H2,1-3H3/b11-6+. The van der Waals surface area contributed by atoms with E-state index in [1.54, 1.807) is 11.2 Å². The molecule has 1 N–H and O–H groups in total. The number of aryl methyl sites for hydroxylation is 1. The van der Waals surface area contributed by atoms with Crippen LogP contribution in [0.4, 0.5) is 0 Å². The Morgan fingerprint density at radius 1 is 1.50 bits per heavy atom. The van der Waals surface area contributed by atoms with Crippen molar-refractivity contribution in [2.24, 2.45) is 5.10 Å². The lowest BCUT2D eigenvalue weighted by molar-refractivity contribution is -0.126. The molecule has 0 atom stereocenters. The van der Waals surface area contributed by atoms with E-state index >= 15 is 0 Å². The Labute approximate surface area is 119 Å². The van der Waals surface area contributed by atoms with Gasteiger partial charge in [-0.2, -0.15) is 5.10 Å². The largest absolute Gasteiger partial charge is 0.359 e. The Balaban J connectivity index is 1.79. The summed E-state index contributed by atoms with van der Waals surface area (Å²) in [6.45, 7) is 2.95. The van der Waals surface area contributed by atoms with E-state index in [2.05, 4.69) is 28.0 Å². The number of carbonyl (C=O) groups excluding carboxylic acids is 1. The van der Waals surface area contributed by atoms with E-state index in [4.69, 9.17) is 0 Å². The minimum Gasteiger partial charge on any atom is -0.359 e. The third-order valence-electron chi connectivity index (χ3n) is 3.61. The molecule has 0 bridgehead atoms. The average molecular weight is 272 g/mol. The summed E-state index contributed by atoms with van der Waals surface area (Å²) in [5, 5.41) is 5.82. The van der Waals surface area contributed by atoms with Crippen molar-refractivity contribution < 1.29 is 4.79 Å². The van der Waals surface area contributed by atoms with E-state index in [0.717, 1.165) is 30.8 Å². The lowest BCUT2D eigenvalue weighted by Crippen LogP contribution is -2.23. The second-order valence-electron chi connectivity index (χ2n) is 5.84. The normalized spacial score (nSPS) is 20.7. The number of H-pyrrole nitrogens is 1. The van der Waals surface area contributed by atoms with Gasteiger partial charge in [-0.15, -0.1) is 0 Å². The maximum absolute atomic E-state index is 12.2. The number of amides is 1. The molecule has 1 saturated carbocycles. The summed E-state index contributed by atoms with van der Waals surface area (Å²) in [7, 11) is 4.09. The molecule has 0 saturated heterocycles. The molecule has 0 aromatic carbocycles. The number of nitrogens with one attached hydrogen (secondary N) is 1. The van der Waals surface area contributed by atoms with E-state index in [0.29, 0.717) is 11.6 Å². The second kappa shape index (κ2) is 4.90. The molecule has 1 amide bonds. The first-order valence-corrected chi connectivity index (χ1v) is 6.97. The van der Waals surface area contributed by atoms with Crippen molar-refractivity contribution in [3.8, 4) is 0 Å². The highest BCUT2D eigenvalue weighted by Crippen LogP contribution is 2.30. The van der Waals surface area contributed by atoms with Gasteiger partial charge in [-0.3, -0.25) is 4.79 Å². The second-order valence-corrected chi connectivity index (χ2v) is 5.84. The van der Waals surface area contributed by atoms with Crippen LogP contribution in [0.15, 0.2) is 16.7 Å². The predicted octanol–water partition coefficient (Wildman–Crippen LogP) is 1.76. The van der Waals surface area contributed by atoms with Gasteiger partial charge in [0.25, 0.3) is 5.91 Å². The molecule has 3 rings (SSSR count). The van der Waals surface area contributed by atoms with Crippen LogP contribution in [0, 0.1) is 6.92 Å². The Kier molecular flexibility index (Phi) is 3.22. The van der Waals surface area contributed by atoms with Gasteiger partial charge < -0.3 is 9.88 Å². The Hall–Kier alpha value is -1.88. The lowest BCUT2D eigenvalue weighted by Gasteiger charge is -2.08. The number of hydrogen-bond acceptors (Lipinski definition) is 3. The molecule has 20 heavy (non-hydrogen) atoms. The van der Waals surface area contributed by atoms with Gasteiger partial charge in [0.05, 0.1) is 17.8 Å². The molecule has 2 heterocycles. The molecule has 1 aliphatic carbocycles. The van der Waals surface area contributed by atoms with Crippen molar-refractivity contribution in [2.75, 3.05) is 14.1 Å². The van der Waals surface area contributed by atoms with Crippen molar-refractivity contribution in [3.63, 3.8) is 0 Å². The van der Waals surface area contributed by atoms with E-state index < -0.39 is 0 Å².